The van der Waals surface area contributed by atoms with Gasteiger partial charge in [0.25, 0.3) is 0 Å². The zero-order valence-corrected chi connectivity index (χ0v) is 7.25. The van der Waals surface area contributed by atoms with Crippen molar-refractivity contribution in [3.05, 3.63) is 24.0 Å². The molecule has 0 bridgehead atoms. The summed E-state index contributed by atoms with van der Waals surface area (Å²) in [7, 11) is 0. The van der Waals surface area contributed by atoms with Gasteiger partial charge in [-0.1, -0.05) is 5.92 Å². The standard InChI is InChI=1S/C10H8FNO2/c1-2-3-10(14)12-9-5-4-7(13)6-8(9)11/h1,4-6,13H,3H2,(H,12,14). The summed E-state index contributed by atoms with van der Waals surface area (Å²) in [5.74, 6) is 0.778. The number of halogens is 1. The topological polar surface area (TPSA) is 49.3 Å². The average Bonchev–Trinajstić information content (AvgIpc) is 2.10. The molecule has 1 aromatic carbocycles. The number of phenols is 1. The van der Waals surface area contributed by atoms with E-state index in [2.05, 4.69) is 11.2 Å². The van der Waals surface area contributed by atoms with E-state index in [4.69, 9.17) is 11.5 Å². The molecular weight excluding hydrogens is 185 g/mol. The molecule has 0 aliphatic carbocycles. The van der Waals surface area contributed by atoms with Gasteiger partial charge in [-0.15, -0.1) is 6.42 Å². The van der Waals surface area contributed by atoms with E-state index in [1.807, 2.05) is 0 Å². The number of hydrogen-bond acceptors (Lipinski definition) is 2. The van der Waals surface area contributed by atoms with Gasteiger partial charge in [-0.05, 0) is 12.1 Å². The van der Waals surface area contributed by atoms with Crippen molar-refractivity contribution < 1.29 is 14.3 Å². The predicted molar refractivity (Wildman–Crippen MR) is 50.1 cm³/mol. The minimum absolute atomic E-state index is 0.00282. The van der Waals surface area contributed by atoms with Gasteiger partial charge in [0.05, 0.1) is 12.1 Å². The van der Waals surface area contributed by atoms with Crippen molar-refractivity contribution in [1.29, 1.82) is 0 Å². The molecule has 0 unspecified atom stereocenters. The third-order valence-electron chi connectivity index (χ3n) is 1.49. The molecule has 14 heavy (non-hydrogen) atoms. The van der Waals surface area contributed by atoms with Crippen LogP contribution in [0, 0.1) is 18.2 Å². The summed E-state index contributed by atoms with van der Waals surface area (Å²) >= 11 is 0. The van der Waals surface area contributed by atoms with Crippen LogP contribution in [0.3, 0.4) is 0 Å². The van der Waals surface area contributed by atoms with Crippen molar-refractivity contribution in [2.45, 2.75) is 6.42 Å². The Balaban J connectivity index is 2.78. The lowest BCUT2D eigenvalue weighted by atomic mass is 10.2. The van der Waals surface area contributed by atoms with Crippen LogP contribution in [-0.2, 0) is 4.79 Å². The maximum Gasteiger partial charge on any atom is 0.236 e. The molecular formula is C10H8FNO2. The number of amides is 1. The smallest absolute Gasteiger partial charge is 0.236 e. The van der Waals surface area contributed by atoms with Crippen LogP contribution in [0.2, 0.25) is 0 Å². The number of nitrogens with one attached hydrogen (secondary N) is 1. The fourth-order valence-electron chi connectivity index (χ4n) is 0.892. The van der Waals surface area contributed by atoms with Crippen LogP contribution in [0.1, 0.15) is 6.42 Å². The van der Waals surface area contributed by atoms with Crippen LogP contribution < -0.4 is 5.32 Å². The number of benzene rings is 1. The first-order valence-electron chi connectivity index (χ1n) is 3.85. The number of rotatable bonds is 2. The molecule has 72 valence electrons. The lowest BCUT2D eigenvalue weighted by molar-refractivity contribution is -0.115. The second kappa shape index (κ2) is 4.28. The van der Waals surface area contributed by atoms with E-state index in [1.165, 1.54) is 12.1 Å². The van der Waals surface area contributed by atoms with Crippen LogP contribution in [-0.4, -0.2) is 11.0 Å². The first-order chi connectivity index (χ1) is 6.63. The van der Waals surface area contributed by atoms with Crippen molar-refractivity contribution >= 4 is 11.6 Å². The molecule has 0 aromatic heterocycles. The zero-order chi connectivity index (χ0) is 10.6. The second-order valence-electron chi connectivity index (χ2n) is 2.59. The fourth-order valence-corrected chi connectivity index (χ4v) is 0.892. The van der Waals surface area contributed by atoms with Crippen LogP contribution >= 0.6 is 0 Å². The van der Waals surface area contributed by atoms with E-state index in [1.54, 1.807) is 0 Å². The highest BCUT2D eigenvalue weighted by Gasteiger charge is 2.05. The molecule has 0 fully saturated rings. The molecule has 0 spiro atoms. The third kappa shape index (κ3) is 2.49. The Labute approximate surface area is 80.6 Å². The maximum atomic E-state index is 13.0. The van der Waals surface area contributed by atoms with E-state index in [0.717, 1.165) is 6.07 Å². The SMILES string of the molecule is C#CCC(=O)Nc1ccc(O)cc1F. The molecule has 3 nitrogen and oxygen atoms in total. The monoisotopic (exact) mass is 193 g/mol. The van der Waals surface area contributed by atoms with Gasteiger partial charge >= 0.3 is 0 Å². The minimum atomic E-state index is -0.699. The van der Waals surface area contributed by atoms with Gasteiger partial charge in [-0.3, -0.25) is 4.79 Å². The molecule has 1 amide bonds. The predicted octanol–water partition coefficient (Wildman–Crippen LogP) is 1.49. The van der Waals surface area contributed by atoms with E-state index in [0.29, 0.717) is 0 Å². The Bertz CT molecular complexity index is 396. The third-order valence-corrected chi connectivity index (χ3v) is 1.49. The molecule has 0 radical (unpaired) electrons. The minimum Gasteiger partial charge on any atom is -0.508 e. The molecule has 1 rings (SSSR count). The molecule has 4 heteroatoms. The summed E-state index contributed by atoms with van der Waals surface area (Å²) < 4.78 is 13.0. The van der Waals surface area contributed by atoms with E-state index < -0.39 is 11.7 Å². The van der Waals surface area contributed by atoms with E-state index in [-0.39, 0.29) is 17.9 Å². The first-order valence-corrected chi connectivity index (χ1v) is 3.85. The Morgan fingerprint density at radius 2 is 2.36 bits per heavy atom. The van der Waals surface area contributed by atoms with Gasteiger partial charge in [0.1, 0.15) is 11.6 Å². The van der Waals surface area contributed by atoms with Crippen molar-refractivity contribution in [3.63, 3.8) is 0 Å². The van der Waals surface area contributed by atoms with E-state index in [9.17, 15) is 9.18 Å². The number of hydrogen-bond donors (Lipinski definition) is 2. The highest BCUT2D eigenvalue weighted by molar-refractivity contribution is 5.92. The summed E-state index contributed by atoms with van der Waals surface area (Å²) in [4.78, 5) is 11.0. The van der Waals surface area contributed by atoms with Gasteiger partial charge < -0.3 is 10.4 Å². The molecule has 0 saturated heterocycles. The van der Waals surface area contributed by atoms with Crippen molar-refractivity contribution in [2.75, 3.05) is 5.32 Å². The second-order valence-corrected chi connectivity index (χ2v) is 2.59. The lowest BCUT2D eigenvalue weighted by Gasteiger charge is -2.04. The largest absolute Gasteiger partial charge is 0.508 e. The first kappa shape index (κ1) is 10.1. The number of phenolic OH excluding ortho intramolecular Hbond substituents is 1. The fraction of sp³-hybridized carbons (Fsp3) is 0.100. The van der Waals surface area contributed by atoms with Crippen LogP contribution in [0.25, 0.3) is 0 Å². The Morgan fingerprint density at radius 3 is 2.93 bits per heavy atom. The lowest BCUT2D eigenvalue weighted by Crippen LogP contribution is -2.11. The Kier molecular flexibility index (Phi) is 3.08. The molecule has 2 N–H and O–H groups in total. The van der Waals surface area contributed by atoms with Crippen LogP contribution in [0.4, 0.5) is 10.1 Å². The summed E-state index contributed by atoms with van der Waals surface area (Å²) in [5.41, 5.74) is 0.00282. The maximum absolute atomic E-state index is 13.0. The molecule has 0 heterocycles. The molecule has 0 aliphatic heterocycles. The van der Waals surface area contributed by atoms with Gasteiger partial charge in [0.15, 0.2) is 0 Å². The number of carbonyl (C=O) groups excluding carboxylic acids is 1. The van der Waals surface area contributed by atoms with Gasteiger partial charge in [-0.2, -0.15) is 0 Å². The molecule has 1 aromatic rings. The van der Waals surface area contributed by atoms with Gasteiger partial charge in [0.2, 0.25) is 5.91 Å². The normalized spacial score (nSPS) is 9.14. The summed E-state index contributed by atoms with van der Waals surface area (Å²) in [6.07, 6.45) is 4.79. The molecule has 0 saturated carbocycles. The molecule has 0 aliphatic rings. The highest BCUT2D eigenvalue weighted by atomic mass is 19.1. The van der Waals surface area contributed by atoms with E-state index >= 15 is 0 Å². The number of terminal acetylenes is 1. The van der Waals surface area contributed by atoms with Gasteiger partial charge in [-0.25, -0.2) is 4.39 Å². The van der Waals surface area contributed by atoms with Crippen LogP contribution in [0.5, 0.6) is 5.75 Å². The van der Waals surface area contributed by atoms with Crippen molar-refractivity contribution in [1.82, 2.24) is 0 Å². The quantitative estimate of drug-likeness (QED) is 0.552. The number of aromatic hydroxyl groups is 1. The van der Waals surface area contributed by atoms with Crippen molar-refractivity contribution in [2.24, 2.45) is 0 Å². The highest BCUT2D eigenvalue weighted by Crippen LogP contribution is 2.19. The Morgan fingerprint density at radius 1 is 1.64 bits per heavy atom. The van der Waals surface area contributed by atoms with Crippen LogP contribution in [0.15, 0.2) is 18.2 Å². The van der Waals surface area contributed by atoms with Crippen molar-refractivity contribution in [3.8, 4) is 18.1 Å². The summed E-state index contributed by atoms with van der Waals surface area (Å²) in [5, 5.41) is 11.2. The zero-order valence-electron chi connectivity index (χ0n) is 7.25. The number of anilines is 1. The average molecular weight is 193 g/mol. The Hall–Kier alpha value is -2.02. The molecule has 0 atom stereocenters. The summed E-state index contributed by atoms with van der Waals surface area (Å²) in [6.45, 7) is 0. The number of carbonyl (C=O) groups is 1. The van der Waals surface area contributed by atoms with Gasteiger partial charge in [0, 0.05) is 6.07 Å². The summed E-state index contributed by atoms with van der Waals surface area (Å²) in [6, 6.07) is 3.44.